The van der Waals surface area contributed by atoms with Crippen molar-refractivity contribution in [2.75, 3.05) is 0 Å². The van der Waals surface area contributed by atoms with Gasteiger partial charge in [-0.25, -0.2) is 4.79 Å². The van der Waals surface area contributed by atoms with E-state index in [-0.39, 0.29) is 23.7 Å². The standard InChI is InChI=1S/C11H16N2O3/c1-11(2,3)12-9(14)7-13-6-4-5-8(13)10(15)16/h4-6H,7H2,1-3H3,(H,12,14)(H,15,16). The van der Waals surface area contributed by atoms with E-state index in [0.717, 1.165) is 0 Å². The molecule has 0 atom stereocenters. The minimum Gasteiger partial charge on any atom is -0.477 e. The molecule has 0 unspecified atom stereocenters. The van der Waals surface area contributed by atoms with Gasteiger partial charge >= 0.3 is 5.97 Å². The first kappa shape index (κ1) is 12.3. The number of nitrogens with zero attached hydrogens (tertiary/aromatic N) is 1. The average molecular weight is 224 g/mol. The summed E-state index contributed by atoms with van der Waals surface area (Å²) in [4.78, 5) is 22.4. The van der Waals surface area contributed by atoms with Crippen LogP contribution < -0.4 is 5.32 Å². The first-order chi connectivity index (χ1) is 7.29. The third kappa shape index (κ3) is 3.42. The monoisotopic (exact) mass is 224 g/mol. The van der Waals surface area contributed by atoms with Crippen LogP contribution in [0.4, 0.5) is 0 Å². The van der Waals surface area contributed by atoms with Gasteiger partial charge in [0.15, 0.2) is 0 Å². The van der Waals surface area contributed by atoms with Crippen molar-refractivity contribution in [3.05, 3.63) is 24.0 Å². The number of hydrogen-bond acceptors (Lipinski definition) is 2. The Labute approximate surface area is 94.1 Å². The summed E-state index contributed by atoms with van der Waals surface area (Å²) in [5, 5.41) is 11.6. The maximum Gasteiger partial charge on any atom is 0.352 e. The van der Waals surface area contributed by atoms with Crippen LogP contribution >= 0.6 is 0 Å². The van der Waals surface area contributed by atoms with Crippen molar-refractivity contribution in [1.82, 2.24) is 9.88 Å². The third-order valence-electron chi connectivity index (χ3n) is 1.88. The van der Waals surface area contributed by atoms with Crippen molar-refractivity contribution in [3.8, 4) is 0 Å². The van der Waals surface area contributed by atoms with Crippen LogP contribution in [0.15, 0.2) is 18.3 Å². The van der Waals surface area contributed by atoms with Crippen LogP contribution in [0.5, 0.6) is 0 Å². The van der Waals surface area contributed by atoms with Gasteiger partial charge < -0.3 is 15.0 Å². The van der Waals surface area contributed by atoms with Crippen molar-refractivity contribution in [3.63, 3.8) is 0 Å². The minimum atomic E-state index is -1.03. The molecule has 0 spiro atoms. The molecule has 16 heavy (non-hydrogen) atoms. The number of rotatable bonds is 3. The zero-order chi connectivity index (χ0) is 12.3. The molecule has 0 radical (unpaired) electrons. The summed E-state index contributed by atoms with van der Waals surface area (Å²) in [5.74, 6) is -1.24. The zero-order valence-electron chi connectivity index (χ0n) is 9.65. The normalized spacial score (nSPS) is 11.2. The van der Waals surface area contributed by atoms with Crippen LogP contribution in [0, 0.1) is 0 Å². The lowest BCUT2D eigenvalue weighted by Gasteiger charge is -2.20. The van der Waals surface area contributed by atoms with E-state index in [1.54, 1.807) is 12.3 Å². The predicted octanol–water partition coefficient (Wildman–Crippen LogP) is 1.10. The number of carbonyl (C=O) groups is 2. The first-order valence-electron chi connectivity index (χ1n) is 4.99. The summed E-state index contributed by atoms with van der Waals surface area (Å²) in [6, 6.07) is 3.07. The fourth-order valence-electron chi connectivity index (χ4n) is 1.36. The molecule has 0 aliphatic rings. The van der Waals surface area contributed by atoms with Gasteiger partial charge in [0.25, 0.3) is 0 Å². The Bertz CT molecular complexity index is 402. The zero-order valence-corrected chi connectivity index (χ0v) is 9.65. The molecule has 1 heterocycles. The van der Waals surface area contributed by atoms with Crippen molar-refractivity contribution < 1.29 is 14.7 Å². The highest BCUT2D eigenvalue weighted by atomic mass is 16.4. The van der Waals surface area contributed by atoms with E-state index in [2.05, 4.69) is 5.32 Å². The first-order valence-corrected chi connectivity index (χ1v) is 4.99. The van der Waals surface area contributed by atoms with Gasteiger partial charge in [0.05, 0.1) is 0 Å². The van der Waals surface area contributed by atoms with Gasteiger partial charge in [-0.15, -0.1) is 0 Å². The van der Waals surface area contributed by atoms with Gasteiger partial charge in [-0.3, -0.25) is 4.79 Å². The van der Waals surface area contributed by atoms with Crippen LogP contribution in [0.2, 0.25) is 0 Å². The second-order valence-electron chi connectivity index (χ2n) is 4.62. The molecular weight excluding hydrogens is 208 g/mol. The molecule has 88 valence electrons. The van der Waals surface area contributed by atoms with Crippen LogP contribution in [-0.4, -0.2) is 27.1 Å². The number of hydrogen-bond donors (Lipinski definition) is 2. The average Bonchev–Trinajstić information content (AvgIpc) is 2.47. The second kappa shape index (κ2) is 4.38. The smallest absolute Gasteiger partial charge is 0.352 e. The Morgan fingerprint density at radius 3 is 2.56 bits per heavy atom. The number of aromatic carboxylic acids is 1. The summed E-state index contributed by atoms with van der Waals surface area (Å²) in [6.07, 6.45) is 1.58. The van der Waals surface area contributed by atoms with Crippen LogP contribution in [0.1, 0.15) is 31.3 Å². The van der Waals surface area contributed by atoms with Gasteiger partial charge in [-0.2, -0.15) is 0 Å². The summed E-state index contributed by atoms with van der Waals surface area (Å²) in [5.41, 5.74) is -0.197. The van der Waals surface area contributed by atoms with Gasteiger partial charge in [0, 0.05) is 11.7 Å². The Hall–Kier alpha value is -1.78. The maximum atomic E-state index is 11.6. The Morgan fingerprint density at radius 2 is 2.06 bits per heavy atom. The summed E-state index contributed by atoms with van der Waals surface area (Å²) >= 11 is 0. The molecule has 1 amide bonds. The van der Waals surface area contributed by atoms with Crippen molar-refractivity contribution in [2.45, 2.75) is 32.9 Å². The molecule has 5 nitrogen and oxygen atoms in total. The van der Waals surface area contributed by atoms with Crippen LogP contribution in [0.3, 0.4) is 0 Å². The van der Waals surface area contributed by atoms with E-state index in [9.17, 15) is 9.59 Å². The molecule has 0 aliphatic heterocycles. The van der Waals surface area contributed by atoms with E-state index in [0.29, 0.717) is 0 Å². The van der Waals surface area contributed by atoms with Crippen molar-refractivity contribution >= 4 is 11.9 Å². The Kier molecular flexibility index (Phi) is 3.37. The van der Waals surface area contributed by atoms with Gasteiger partial charge in [0.2, 0.25) is 5.91 Å². The minimum absolute atomic E-state index is 0.0197. The summed E-state index contributed by atoms with van der Waals surface area (Å²) in [7, 11) is 0. The number of carboxylic acid groups (broad SMARTS) is 1. The number of carbonyl (C=O) groups excluding carboxylic acids is 1. The van der Waals surface area contributed by atoms with Crippen molar-refractivity contribution in [2.24, 2.45) is 0 Å². The van der Waals surface area contributed by atoms with Crippen LogP contribution in [-0.2, 0) is 11.3 Å². The molecule has 1 aromatic rings. The SMILES string of the molecule is CC(C)(C)NC(=O)Cn1cccc1C(=O)O. The number of amides is 1. The van der Waals surface area contributed by atoms with Crippen LogP contribution in [0.25, 0.3) is 0 Å². The topological polar surface area (TPSA) is 71.3 Å². The highest BCUT2D eigenvalue weighted by Gasteiger charge is 2.16. The molecule has 0 aliphatic carbocycles. The fourth-order valence-corrected chi connectivity index (χ4v) is 1.36. The number of carboxylic acids is 1. The van der Waals surface area contributed by atoms with E-state index in [1.165, 1.54) is 10.6 Å². The predicted molar refractivity (Wildman–Crippen MR) is 59.3 cm³/mol. The lowest BCUT2D eigenvalue weighted by Crippen LogP contribution is -2.42. The summed E-state index contributed by atoms with van der Waals surface area (Å²) < 4.78 is 1.41. The van der Waals surface area contributed by atoms with Gasteiger partial charge in [0.1, 0.15) is 12.2 Å². The molecule has 0 aromatic carbocycles. The Morgan fingerprint density at radius 1 is 1.44 bits per heavy atom. The maximum absolute atomic E-state index is 11.6. The lowest BCUT2D eigenvalue weighted by atomic mass is 10.1. The number of nitrogens with one attached hydrogen (secondary N) is 1. The largest absolute Gasteiger partial charge is 0.477 e. The van der Waals surface area contributed by atoms with Gasteiger partial charge in [-0.1, -0.05) is 0 Å². The van der Waals surface area contributed by atoms with Crippen molar-refractivity contribution in [1.29, 1.82) is 0 Å². The van der Waals surface area contributed by atoms with Gasteiger partial charge in [-0.05, 0) is 32.9 Å². The molecule has 0 fully saturated rings. The third-order valence-corrected chi connectivity index (χ3v) is 1.88. The highest BCUT2D eigenvalue weighted by Crippen LogP contribution is 2.03. The lowest BCUT2D eigenvalue weighted by molar-refractivity contribution is -0.123. The summed E-state index contributed by atoms with van der Waals surface area (Å²) in [6.45, 7) is 5.64. The number of aromatic nitrogens is 1. The molecule has 1 rings (SSSR count). The van der Waals surface area contributed by atoms with E-state index in [1.807, 2.05) is 20.8 Å². The van der Waals surface area contributed by atoms with E-state index >= 15 is 0 Å². The quantitative estimate of drug-likeness (QED) is 0.807. The molecular formula is C11H16N2O3. The molecule has 0 bridgehead atoms. The molecule has 2 N–H and O–H groups in total. The molecule has 5 heteroatoms. The molecule has 0 saturated carbocycles. The fraction of sp³-hybridized carbons (Fsp3) is 0.455. The van der Waals surface area contributed by atoms with E-state index in [4.69, 9.17) is 5.11 Å². The Balaban J connectivity index is 2.70. The highest BCUT2D eigenvalue weighted by molar-refractivity contribution is 5.87. The molecule has 1 aromatic heterocycles. The second-order valence-corrected chi connectivity index (χ2v) is 4.62. The van der Waals surface area contributed by atoms with E-state index < -0.39 is 5.97 Å². The molecule has 0 saturated heterocycles.